The molecule has 1 aromatic rings. The van der Waals surface area contributed by atoms with E-state index in [9.17, 15) is 0 Å². The van der Waals surface area contributed by atoms with E-state index >= 15 is 0 Å². The Bertz CT molecular complexity index is 398. The molecule has 1 fully saturated rings. The first-order valence-corrected chi connectivity index (χ1v) is 6.21. The van der Waals surface area contributed by atoms with Crippen molar-refractivity contribution < 1.29 is 4.74 Å². The lowest BCUT2D eigenvalue weighted by atomic mass is 9.85. The molecule has 2 heteroatoms. The molecule has 3 rings (SSSR count). The average Bonchev–Trinajstić information content (AvgIpc) is 3.13. The molecule has 2 unspecified atom stereocenters. The first-order chi connectivity index (χ1) is 7.79. The van der Waals surface area contributed by atoms with Gasteiger partial charge in [0.2, 0.25) is 0 Å². The molecule has 2 aliphatic rings. The summed E-state index contributed by atoms with van der Waals surface area (Å²) in [7, 11) is 1.74. The molecule has 86 valence electrons. The van der Waals surface area contributed by atoms with Crippen LogP contribution >= 0.6 is 0 Å². The standard InChI is InChI=1S/C14H19NO/c1-9-8-15-14(10-3-4-10)13-7-11(16-2)5-6-12(9)13/h5-7,9-10,14-15H,3-4,8H2,1-2H3. The monoisotopic (exact) mass is 217 g/mol. The van der Waals surface area contributed by atoms with Crippen molar-refractivity contribution in [2.75, 3.05) is 13.7 Å². The lowest BCUT2D eigenvalue weighted by Crippen LogP contribution is -2.33. The highest BCUT2D eigenvalue weighted by atomic mass is 16.5. The fraction of sp³-hybridized carbons (Fsp3) is 0.571. The molecule has 0 aromatic heterocycles. The van der Waals surface area contributed by atoms with E-state index in [1.807, 2.05) is 0 Å². The molecule has 1 aliphatic heterocycles. The van der Waals surface area contributed by atoms with Gasteiger partial charge in [-0.3, -0.25) is 0 Å². The molecule has 0 radical (unpaired) electrons. The molecule has 1 N–H and O–H groups in total. The topological polar surface area (TPSA) is 21.3 Å². The van der Waals surface area contributed by atoms with Crippen molar-refractivity contribution in [2.24, 2.45) is 5.92 Å². The van der Waals surface area contributed by atoms with Gasteiger partial charge in [0.05, 0.1) is 7.11 Å². The first-order valence-electron chi connectivity index (χ1n) is 6.21. The maximum Gasteiger partial charge on any atom is 0.119 e. The summed E-state index contributed by atoms with van der Waals surface area (Å²) in [6.45, 7) is 3.40. The molecule has 0 saturated heterocycles. The Morgan fingerprint density at radius 2 is 2.06 bits per heavy atom. The van der Waals surface area contributed by atoms with E-state index < -0.39 is 0 Å². The van der Waals surface area contributed by atoms with Crippen LogP contribution in [0, 0.1) is 5.92 Å². The fourth-order valence-electron chi connectivity index (χ4n) is 2.77. The number of hydrogen-bond donors (Lipinski definition) is 1. The Kier molecular flexibility index (Phi) is 2.40. The van der Waals surface area contributed by atoms with Crippen LogP contribution in [0.3, 0.4) is 0 Å². The molecule has 0 spiro atoms. The zero-order valence-electron chi connectivity index (χ0n) is 9.99. The predicted octanol–water partition coefficient (Wildman–Crippen LogP) is 2.85. The van der Waals surface area contributed by atoms with E-state index in [1.165, 1.54) is 24.0 Å². The highest BCUT2D eigenvalue weighted by Crippen LogP contribution is 2.45. The summed E-state index contributed by atoms with van der Waals surface area (Å²) in [5, 5.41) is 3.68. The smallest absolute Gasteiger partial charge is 0.119 e. The van der Waals surface area contributed by atoms with Crippen molar-refractivity contribution >= 4 is 0 Å². The molecule has 2 nitrogen and oxygen atoms in total. The van der Waals surface area contributed by atoms with Crippen LogP contribution in [0.25, 0.3) is 0 Å². The van der Waals surface area contributed by atoms with Crippen LogP contribution in [0.15, 0.2) is 18.2 Å². The van der Waals surface area contributed by atoms with Gasteiger partial charge in [0, 0.05) is 12.6 Å². The summed E-state index contributed by atoms with van der Waals surface area (Å²) in [6.07, 6.45) is 2.76. The van der Waals surface area contributed by atoms with Crippen molar-refractivity contribution in [3.63, 3.8) is 0 Å². The summed E-state index contributed by atoms with van der Waals surface area (Å²) in [6, 6.07) is 7.13. The van der Waals surface area contributed by atoms with Gasteiger partial charge in [-0.2, -0.15) is 0 Å². The molecule has 1 heterocycles. The fourth-order valence-corrected chi connectivity index (χ4v) is 2.77. The molecule has 1 aliphatic carbocycles. The van der Waals surface area contributed by atoms with Crippen LogP contribution < -0.4 is 10.1 Å². The Balaban J connectivity index is 2.02. The molecule has 16 heavy (non-hydrogen) atoms. The van der Waals surface area contributed by atoms with Crippen LogP contribution in [0.2, 0.25) is 0 Å². The largest absolute Gasteiger partial charge is 0.497 e. The normalized spacial score (nSPS) is 28.6. The van der Waals surface area contributed by atoms with Crippen molar-refractivity contribution in [3.8, 4) is 5.75 Å². The third-order valence-corrected chi connectivity index (χ3v) is 3.90. The van der Waals surface area contributed by atoms with Crippen LogP contribution in [-0.2, 0) is 0 Å². The Morgan fingerprint density at radius 1 is 1.25 bits per heavy atom. The maximum atomic E-state index is 5.34. The van der Waals surface area contributed by atoms with E-state index in [4.69, 9.17) is 4.74 Å². The number of hydrogen-bond acceptors (Lipinski definition) is 2. The number of benzene rings is 1. The highest BCUT2D eigenvalue weighted by molar-refractivity contribution is 5.42. The second-order valence-corrected chi connectivity index (χ2v) is 5.12. The van der Waals surface area contributed by atoms with Gasteiger partial charge in [-0.15, -0.1) is 0 Å². The average molecular weight is 217 g/mol. The zero-order chi connectivity index (χ0) is 11.1. The van der Waals surface area contributed by atoms with Crippen molar-refractivity contribution in [1.82, 2.24) is 5.32 Å². The molecule has 0 bridgehead atoms. The van der Waals surface area contributed by atoms with Gasteiger partial charge < -0.3 is 10.1 Å². The minimum Gasteiger partial charge on any atom is -0.497 e. The highest BCUT2D eigenvalue weighted by Gasteiger charge is 2.36. The van der Waals surface area contributed by atoms with E-state index in [0.717, 1.165) is 18.2 Å². The van der Waals surface area contributed by atoms with E-state index in [2.05, 4.69) is 30.4 Å². The molecule has 2 atom stereocenters. The first kappa shape index (κ1) is 10.2. The minimum atomic E-state index is 0.571. The summed E-state index contributed by atoms with van der Waals surface area (Å²) < 4.78 is 5.34. The van der Waals surface area contributed by atoms with Crippen LogP contribution in [0.1, 0.15) is 42.9 Å². The summed E-state index contributed by atoms with van der Waals surface area (Å²) >= 11 is 0. The van der Waals surface area contributed by atoms with Crippen LogP contribution in [-0.4, -0.2) is 13.7 Å². The van der Waals surface area contributed by atoms with Gasteiger partial charge >= 0.3 is 0 Å². The van der Waals surface area contributed by atoms with E-state index in [-0.39, 0.29) is 0 Å². The SMILES string of the molecule is COc1ccc2c(c1)C(C1CC1)NCC2C. The summed E-state index contributed by atoms with van der Waals surface area (Å²) in [5.41, 5.74) is 2.98. The minimum absolute atomic E-state index is 0.571. The van der Waals surface area contributed by atoms with Crippen molar-refractivity contribution in [3.05, 3.63) is 29.3 Å². The Morgan fingerprint density at radius 3 is 2.75 bits per heavy atom. The van der Waals surface area contributed by atoms with E-state index in [1.54, 1.807) is 7.11 Å². The summed E-state index contributed by atoms with van der Waals surface area (Å²) in [4.78, 5) is 0. The van der Waals surface area contributed by atoms with Crippen molar-refractivity contribution in [2.45, 2.75) is 31.7 Å². The molecular weight excluding hydrogens is 198 g/mol. The third-order valence-electron chi connectivity index (χ3n) is 3.90. The second-order valence-electron chi connectivity index (χ2n) is 5.12. The summed E-state index contributed by atoms with van der Waals surface area (Å²) in [5.74, 6) is 2.47. The van der Waals surface area contributed by atoms with Gasteiger partial charge in [0.15, 0.2) is 0 Å². The maximum absolute atomic E-state index is 5.34. The molecule has 1 aromatic carbocycles. The number of ether oxygens (including phenoxy) is 1. The second kappa shape index (κ2) is 3.77. The number of rotatable bonds is 2. The van der Waals surface area contributed by atoms with Gasteiger partial charge in [0.25, 0.3) is 0 Å². The van der Waals surface area contributed by atoms with Gasteiger partial charge in [-0.05, 0) is 47.9 Å². The Labute approximate surface area is 97.0 Å². The molecule has 1 saturated carbocycles. The quantitative estimate of drug-likeness (QED) is 0.822. The Hall–Kier alpha value is -1.02. The molecule has 0 amide bonds. The van der Waals surface area contributed by atoms with Gasteiger partial charge in [0.1, 0.15) is 5.75 Å². The lowest BCUT2D eigenvalue weighted by molar-refractivity contribution is 0.402. The zero-order valence-corrected chi connectivity index (χ0v) is 9.99. The number of methoxy groups -OCH3 is 1. The predicted molar refractivity (Wildman–Crippen MR) is 64.9 cm³/mol. The van der Waals surface area contributed by atoms with Gasteiger partial charge in [-0.1, -0.05) is 13.0 Å². The third kappa shape index (κ3) is 1.61. The molecular formula is C14H19NO. The van der Waals surface area contributed by atoms with E-state index in [0.29, 0.717) is 12.0 Å². The van der Waals surface area contributed by atoms with Crippen LogP contribution in [0.5, 0.6) is 5.75 Å². The lowest BCUT2D eigenvalue weighted by Gasteiger charge is -2.31. The van der Waals surface area contributed by atoms with Crippen molar-refractivity contribution in [1.29, 1.82) is 0 Å². The number of nitrogens with one attached hydrogen (secondary N) is 1. The van der Waals surface area contributed by atoms with Crippen LogP contribution in [0.4, 0.5) is 0 Å². The van der Waals surface area contributed by atoms with Gasteiger partial charge in [-0.25, -0.2) is 0 Å². The number of fused-ring (bicyclic) bond motifs is 1.